The molecule has 2 heterocycles. The number of nitrogens with zero attached hydrogens (tertiary/aromatic N) is 4. The van der Waals surface area contributed by atoms with Gasteiger partial charge in [0.05, 0.1) is 16.7 Å². The van der Waals surface area contributed by atoms with E-state index >= 15 is 0 Å². The highest BCUT2D eigenvalue weighted by Crippen LogP contribution is 2.73. The number of amides is 2. The van der Waals surface area contributed by atoms with Crippen LogP contribution >= 0.6 is 0 Å². The van der Waals surface area contributed by atoms with Crippen LogP contribution in [-0.4, -0.2) is 33.3 Å². The molecule has 0 radical (unpaired) electrons. The number of anilines is 2. The zero-order valence-corrected chi connectivity index (χ0v) is 19.0. The molecule has 6 rings (SSSR count). The summed E-state index contributed by atoms with van der Waals surface area (Å²) in [7, 11) is 0. The zero-order valence-electron chi connectivity index (χ0n) is 19.0. The molecule has 1 aromatic carbocycles. The number of alkyl halides is 3. The van der Waals surface area contributed by atoms with Crippen molar-refractivity contribution in [1.29, 1.82) is 0 Å². The quantitative estimate of drug-likeness (QED) is 0.248. The maximum absolute atomic E-state index is 13.5. The molecule has 11 nitrogen and oxygen atoms in total. The lowest BCUT2D eigenvalue weighted by Crippen LogP contribution is -2.70. The van der Waals surface area contributed by atoms with Gasteiger partial charge in [-0.3, -0.25) is 24.6 Å². The molecule has 3 fully saturated rings. The predicted molar refractivity (Wildman–Crippen MR) is 118 cm³/mol. The SMILES string of the molecule is O=C(Nc1cc(N=C([O-])C23CC(C(=O)O)(C2)C3)cc(C(F)(F)F)c1)Nc1c[n+](Cc2ccccn2)no1. The topological polar surface area (TPSA) is 157 Å². The van der Waals surface area contributed by atoms with Gasteiger partial charge in [-0.25, -0.2) is 4.79 Å². The lowest BCUT2D eigenvalue weighted by molar-refractivity contribution is -0.755. The van der Waals surface area contributed by atoms with Crippen molar-refractivity contribution in [2.24, 2.45) is 15.8 Å². The summed E-state index contributed by atoms with van der Waals surface area (Å²) < 4.78 is 46.8. The highest BCUT2D eigenvalue weighted by molar-refractivity contribution is 5.99. The molecule has 37 heavy (non-hydrogen) atoms. The third-order valence-electron chi connectivity index (χ3n) is 6.47. The third-order valence-corrected chi connectivity index (χ3v) is 6.47. The number of carbonyl (C=O) groups excluding carboxylic acids is 1. The number of hydrogen-bond donors (Lipinski definition) is 3. The van der Waals surface area contributed by atoms with E-state index in [0.29, 0.717) is 17.8 Å². The Morgan fingerprint density at radius 3 is 2.57 bits per heavy atom. The van der Waals surface area contributed by atoms with Crippen molar-refractivity contribution >= 4 is 35.2 Å². The Labute approximate surface area is 206 Å². The summed E-state index contributed by atoms with van der Waals surface area (Å²) >= 11 is 0. The highest BCUT2D eigenvalue weighted by atomic mass is 19.4. The minimum absolute atomic E-state index is 0.0727. The number of nitrogens with one attached hydrogen (secondary N) is 2. The molecule has 2 amide bonds. The van der Waals surface area contributed by atoms with E-state index in [9.17, 15) is 33.0 Å². The van der Waals surface area contributed by atoms with Gasteiger partial charge >= 0.3 is 24.1 Å². The Morgan fingerprint density at radius 2 is 1.92 bits per heavy atom. The van der Waals surface area contributed by atoms with Gasteiger partial charge in [0.1, 0.15) is 5.69 Å². The molecule has 3 aromatic rings. The molecular formula is C23H19F3N6O5. The van der Waals surface area contributed by atoms with Gasteiger partial charge in [-0.15, -0.1) is 0 Å². The van der Waals surface area contributed by atoms with E-state index in [4.69, 9.17) is 4.52 Å². The number of carboxylic acid groups (broad SMARTS) is 1. The number of benzene rings is 1. The lowest BCUT2D eigenvalue weighted by atomic mass is 9.35. The van der Waals surface area contributed by atoms with Gasteiger partial charge in [0.2, 0.25) is 11.8 Å². The largest absolute Gasteiger partial charge is 0.861 e. The average molecular weight is 516 g/mol. The van der Waals surface area contributed by atoms with E-state index < -0.39 is 40.5 Å². The molecule has 2 aromatic heterocycles. The van der Waals surface area contributed by atoms with Crippen molar-refractivity contribution in [2.45, 2.75) is 32.0 Å². The number of urea groups is 1. The predicted octanol–water partition coefficient (Wildman–Crippen LogP) is 2.71. The summed E-state index contributed by atoms with van der Waals surface area (Å²) in [5.41, 5.74) is -2.89. The first-order valence-electron chi connectivity index (χ1n) is 11.0. The number of pyridine rings is 1. The van der Waals surface area contributed by atoms with Crippen molar-refractivity contribution in [3.05, 3.63) is 60.0 Å². The molecule has 192 valence electrons. The first-order valence-corrected chi connectivity index (χ1v) is 11.0. The normalized spacial score (nSPS) is 22.5. The van der Waals surface area contributed by atoms with Gasteiger partial charge in [-0.1, -0.05) is 6.07 Å². The standard InChI is InChI=1S/C23H19F3N6O5/c24-23(25,26)13-5-15(28-18(33)21-10-22(11-21,12-21)19(34)35)7-16(6-13)29-20(36)30-17-9-32(31-37-17)8-14-3-1-2-4-27-14/h1-7,9H,8,10-12H2,(H3-,28,29,30,31,33,34,35,36). The molecular weight excluding hydrogens is 497 g/mol. The molecule has 3 aliphatic rings. The fourth-order valence-electron chi connectivity index (χ4n) is 4.73. The molecule has 2 bridgehead atoms. The van der Waals surface area contributed by atoms with Crippen molar-refractivity contribution in [1.82, 2.24) is 10.3 Å². The smallest absolute Gasteiger partial charge is 0.416 e. The number of hydrogen-bond acceptors (Lipinski definition) is 7. The fourth-order valence-corrected chi connectivity index (χ4v) is 4.73. The van der Waals surface area contributed by atoms with Gasteiger partial charge < -0.3 is 15.5 Å². The van der Waals surface area contributed by atoms with E-state index in [2.05, 4.69) is 25.9 Å². The van der Waals surface area contributed by atoms with Gasteiger partial charge in [-0.2, -0.15) is 13.2 Å². The van der Waals surface area contributed by atoms with Crippen LogP contribution in [0.5, 0.6) is 0 Å². The van der Waals surface area contributed by atoms with Crippen LogP contribution in [0.15, 0.2) is 58.3 Å². The minimum Gasteiger partial charge on any atom is -0.861 e. The van der Waals surface area contributed by atoms with Crippen molar-refractivity contribution in [3.63, 3.8) is 0 Å². The molecule has 0 saturated heterocycles. The lowest BCUT2D eigenvalue weighted by Gasteiger charge is -2.69. The van der Waals surface area contributed by atoms with E-state index in [1.165, 1.54) is 10.9 Å². The van der Waals surface area contributed by atoms with Crippen molar-refractivity contribution in [3.8, 4) is 0 Å². The minimum atomic E-state index is -4.77. The molecule has 0 unspecified atom stereocenters. The van der Waals surface area contributed by atoms with Crippen LogP contribution < -0.4 is 20.4 Å². The number of halogens is 3. The Kier molecular flexibility index (Phi) is 5.61. The Morgan fingerprint density at radius 1 is 1.16 bits per heavy atom. The van der Waals surface area contributed by atoms with Crippen molar-refractivity contribution < 1.29 is 42.2 Å². The summed E-state index contributed by atoms with van der Waals surface area (Å²) in [4.78, 5) is 31.6. The van der Waals surface area contributed by atoms with E-state index in [-0.39, 0.29) is 43.1 Å². The molecule has 0 atom stereocenters. The van der Waals surface area contributed by atoms with Crippen LogP contribution in [0, 0.1) is 10.8 Å². The zero-order chi connectivity index (χ0) is 26.4. The molecule has 3 saturated carbocycles. The van der Waals surface area contributed by atoms with E-state index in [1.54, 1.807) is 24.4 Å². The van der Waals surface area contributed by atoms with E-state index in [0.717, 1.165) is 6.07 Å². The van der Waals surface area contributed by atoms with Gasteiger partial charge in [0.25, 0.3) is 6.20 Å². The number of aliphatic imine (C=N–C) groups is 1. The van der Waals surface area contributed by atoms with E-state index in [1.807, 2.05) is 0 Å². The Hall–Kier alpha value is -4.49. The van der Waals surface area contributed by atoms with Crippen LogP contribution in [-0.2, 0) is 17.5 Å². The highest BCUT2D eigenvalue weighted by Gasteiger charge is 2.72. The maximum Gasteiger partial charge on any atom is 0.416 e. The second-order valence-corrected chi connectivity index (χ2v) is 9.24. The summed E-state index contributed by atoms with van der Waals surface area (Å²) in [6.45, 7) is 0.259. The first kappa shape index (κ1) is 24.2. The maximum atomic E-state index is 13.5. The van der Waals surface area contributed by atoms with Gasteiger partial charge in [0.15, 0.2) is 0 Å². The van der Waals surface area contributed by atoms with Crippen LogP contribution in [0.3, 0.4) is 0 Å². The summed E-state index contributed by atoms with van der Waals surface area (Å²) in [5.74, 6) is -1.74. The van der Waals surface area contributed by atoms with Crippen molar-refractivity contribution in [2.75, 3.05) is 10.6 Å². The second kappa shape index (κ2) is 8.57. The van der Waals surface area contributed by atoms with Crippen LogP contribution in [0.25, 0.3) is 0 Å². The van der Waals surface area contributed by atoms with Gasteiger partial charge in [-0.05, 0) is 60.2 Å². The molecule has 14 heteroatoms. The Bertz CT molecular complexity index is 1390. The molecule has 3 N–H and O–H groups in total. The number of carbonyl (C=O) groups is 2. The summed E-state index contributed by atoms with van der Waals surface area (Å²) in [6.07, 6.45) is -1.46. The number of aromatic nitrogens is 3. The second-order valence-electron chi connectivity index (χ2n) is 9.24. The first-order chi connectivity index (χ1) is 17.5. The number of rotatable bonds is 7. The van der Waals surface area contributed by atoms with Crippen LogP contribution in [0.4, 0.5) is 35.2 Å². The van der Waals surface area contributed by atoms with Crippen LogP contribution in [0.2, 0.25) is 0 Å². The third kappa shape index (κ3) is 4.69. The number of aliphatic carboxylic acids is 1. The summed E-state index contributed by atoms with van der Waals surface area (Å²) in [6, 6.07) is 6.90. The Balaban J connectivity index is 1.29. The molecule has 3 aliphatic carbocycles. The van der Waals surface area contributed by atoms with Gasteiger partial charge in [0, 0.05) is 17.3 Å². The average Bonchev–Trinajstić information content (AvgIpc) is 3.17. The van der Waals surface area contributed by atoms with Crippen LogP contribution in [0.1, 0.15) is 30.5 Å². The fraction of sp³-hybridized carbons (Fsp3) is 0.304. The monoisotopic (exact) mass is 516 g/mol. The molecule has 0 spiro atoms. The molecule has 0 aliphatic heterocycles. The number of carboxylic acids is 1. The summed E-state index contributed by atoms with van der Waals surface area (Å²) in [5, 5.41) is 30.2.